The lowest BCUT2D eigenvalue weighted by Crippen LogP contribution is -2.48. The lowest BCUT2D eigenvalue weighted by molar-refractivity contribution is -0.150. The largest absolute Gasteiger partial charge is 0.481 e. The van der Waals surface area contributed by atoms with Gasteiger partial charge >= 0.3 is 12.0 Å². The van der Waals surface area contributed by atoms with Crippen LogP contribution in [0.15, 0.2) is 12.4 Å². The first-order valence-electron chi connectivity index (χ1n) is 7.17. The SMILES string of the molecule is COC(=O)C1CCCN2C(=O)N(c3cc(OC)ncn3)C(=O)C12. The van der Waals surface area contributed by atoms with Crippen molar-refractivity contribution in [2.45, 2.75) is 18.9 Å². The first-order chi connectivity index (χ1) is 11.1. The zero-order valence-corrected chi connectivity index (χ0v) is 12.8. The van der Waals surface area contributed by atoms with Gasteiger partial charge in [0.2, 0.25) is 5.88 Å². The molecule has 3 heterocycles. The van der Waals surface area contributed by atoms with Gasteiger partial charge in [-0.1, -0.05) is 0 Å². The van der Waals surface area contributed by atoms with Gasteiger partial charge in [0.1, 0.15) is 12.4 Å². The molecule has 1 aromatic rings. The predicted molar refractivity (Wildman–Crippen MR) is 76.7 cm³/mol. The number of carbonyl (C=O) groups excluding carboxylic acids is 3. The van der Waals surface area contributed by atoms with Crippen LogP contribution in [0.25, 0.3) is 0 Å². The Labute approximate surface area is 132 Å². The molecule has 3 amide bonds. The molecule has 0 spiro atoms. The Bertz CT molecular complexity index is 664. The average molecular weight is 320 g/mol. The van der Waals surface area contributed by atoms with E-state index in [1.165, 1.54) is 31.5 Å². The van der Waals surface area contributed by atoms with Gasteiger partial charge in [-0.15, -0.1) is 0 Å². The van der Waals surface area contributed by atoms with Gasteiger partial charge in [-0.25, -0.2) is 19.7 Å². The Morgan fingerprint density at radius 1 is 1.30 bits per heavy atom. The van der Waals surface area contributed by atoms with Crippen LogP contribution in [0, 0.1) is 5.92 Å². The molecule has 2 aliphatic rings. The van der Waals surface area contributed by atoms with Gasteiger partial charge < -0.3 is 14.4 Å². The number of rotatable bonds is 3. The molecule has 2 aliphatic heterocycles. The fraction of sp³-hybridized carbons (Fsp3) is 0.500. The van der Waals surface area contributed by atoms with Gasteiger partial charge in [0, 0.05) is 12.6 Å². The van der Waals surface area contributed by atoms with Crippen LogP contribution in [0.2, 0.25) is 0 Å². The molecule has 9 nitrogen and oxygen atoms in total. The predicted octanol–water partition coefficient (Wildman–Crippen LogP) is 0.205. The van der Waals surface area contributed by atoms with Crippen molar-refractivity contribution in [3.63, 3.8) is 0 Å². The highest BCUT2D eigenvalue weighted by Crippen LogP contribution is 2.34. The first-order valence-corrected chi connectivity index (χ1v) is 7.17. The fourth-order valence-corrected chi connectivity index (χ4v) is 3.04. The number of carbonyl (C=O) groups is 3. The highest BCUT2D eigenvalue weighted by Gasteiger charge is 2.53. The third-order valence-corrected chi connectivity index (χ3v) is 4.11. The molecule has 2 unspecified atom stereocenters. The van der Waals surface area contributed by atoms with E-state index in [4.69, 9.17) is 9.47 Å². The number of aromatic nitrogens is 2. The number of hydrogen-bond acceptors (Lipinski definition) is 7. The van der Waals surface area contributed by atoms with Crippen LogP contribution >= 0.6 is 0 Å². The zero-order valence-electron chi connectivity index (χ0n) is 12.8. The van der Waals surface area contributed by atoms with Gasteiger partial charge in [-0.2, -0.15) is 0 Å². The van der Waals surface area contributed by atoms with Crippen molar-refractivity contribution in [2.75, 3.05) is 25.7 Å². The maximum Gasteiger partial charge on any atom is 0.333 e. The van der Waals surface area contributed by atoms with Crippen LogP contribution in [0.1, 0.15) is 12.8 Å². The molecule has 122 valence electrons. The molecule has 2 atom stereocenters. The van der Waals surface area contributed by atoms with Gasteiger partial charge in [-0.3, -0.25) is 9.59 Å². The van der Waals surface area contributed by atoms with E-state index in [1.807, 2.05) is 0 Å². The maximum atomic E-state index is 12.7. The number of piperidine rings is 1. The number of methoxy groups -OCH3 is 2. The minimum atomic E-state index is -0.843. The lowest BCUT2D eigenvalue weighted by atomic mass is 9.90. The number of esters is 1. The average Bonchev–Trinajstić information content (AvgIpc) is 2.85. The highest BCUT2D eigenvalue weighted by molar-refractivity contribution is 6.21. The Kier molecular flexibility index (Phi) is 3.85. The first kappa shape index (κ1) is 15.2. The molecule has 0 N–H and O–H groups in total. The summed E-state index contributed by atoms with van der Waals surface area (Å²) < 4.78 is 9.76. The summed E-state index contributed by atoms with van der Waals surface area (Å²) in [6.45, 7) is 0.418. The third kappa shape index (κ3) is 2.37. The van der Waals surface area contributed by atoms with Crippen LogP contribution in [0.5, 0.6) is 5.88 Å². The number of nitrogens with zero attached hydrogens (tertiary/aromatic N) is 4. The van der Waals surface area contributed by atoms with E-state index in [0.717, 1.165) is 4.90 Å². The quantitative estimate of drug-likeness (QED) is 0.579. The van der Waals surface area contributed by atoms with Crippen LogP contribution in [0.4, 0.5) is 10.6 Å². The third-order valence-electron chi connectivity index (χ3n) is 4.11. The molecular formula is C14H16N4O5. The van der Waals surface area contributed by atoms with Crippen molar-refractivity contribution in [1.29, 1.82) is 0 Å². The summed E-state index contributed by atoms with van der Waals surface area (Å²) in [5, 5.41) is 0. The summed E-state index contributed by atoms with van der Waals surface area (Å²) in [5.41, 5.74) is 0. The fourth-order valence-electron chi connectivity index (χ4n) is 3.04. The number of fused-ring (bicyclic) bond motifs is 1. The van der Waals surface area contributed by atoms with Crippen molar-refractivity contribution in [3.05, 3.63) is 12.4 Å². The molecule has 2 fully saturated rings. The second-order valence-electron chi connectivity index (χ2n) is 5.28. The summed E-state index contributed by atoms with van der Waals surface area (Å²) in [6.07, 6.45) is 2.36. The molecule has 0 radical (unpaired) electrons. The molecule has 9 heteroatoms. The van der Waals surface area contributed by atoms with Crippen LogP contribution in [0.3, 0.4) is 0 Å². The topological polar surface area (TPSA) is 102 Å². The number of imide groups is 1. The second kappa shape index (κ2) is 5.82. The molecule has 3 rings (SSSR count). The van der Waals surface area contributed by atoms with Gasteiger partial charge in [0.25, 0.3) is 5.91 Å². The zero-order chi connectivity index (χ0) is 16.6. The summed E-state index contributed by atoms with van der Waals surface area (Å²) in [6, 6.07) is 0.0699. The van der Waals surface area contributed by atoms with E-state index in [9.17, 15) is 14.4 Å². The minimum absolute atomic E-state index is 0.130. The van der Waals surface area contributed by atoms with Crippen molar-refractivity contribution >= 4 is 23.7 Å². The molecule has 0 bridgehead atoms. The van der Waals surface area contributed by atoms with E-state index in [-0.39, 0.29) is 11.7 Å². The van der Waals surface area contributed by atoms with Crippen LogP contribution in [-0.4, -0.2) is 59.6 Å². The van der Waals surface area contributed by atoms with Crippen molar-refractivity contribution in [3.8, 4) is 5.88 Å². The normalized spacial score (nSPS) is 23.7. The van der Waals surface area contributed by atoms with Crippen molar-refractivity contribution < 1.29 is 23.9 Å². The summed E-state index contributed by atoms with van der Waals surface area (Å²) in [4.78, 5) is 47.4. The van der Waals surface area contributed by atoms with Gasteiger partial charge in [0.05, 0.1) is 20.1 Å². The standard InChI is InChI=1S/C14H16N4O5/c1-22-10-6-9(15-7-16-10)18-12(19)11-8(13(20)23-2)4-3-5-17(11)14(18)21/h6-8,11H,3-5H2,1-2H3. The smallest absolute Gasteiger partial charge is 0.333 e. The highest BCUT2D eigenvalue weighted by atomic mass is 16.5. The monoisotopic (exact) mass is 320 g/mol. The lowest BCUT2D eigenvalue weighted by Gasteiger charge is -2.31. The molecule has 0 aromatic carbocycles. The van der Waals surface area contributed by atoms with Crippen LogP contribution in [-0.2, 0) is 14.3 Å². The second-order valence-corrected chi connectivity index (χ2v) is 5.28. The van der Waals surface area contributed by atoms with E-state index in [1.54, 1.807) is 0 Å². The molecular weight excluding hydrogens is 304 g/mol. The Morgan fingerprint density at radius 2 is 2.09 bits per heavy atom. The van der Waals surface area contributed by atoms with Gasteiger partial charge in [-0.05, 0) is 12.8 Å². The van der Waals surface area contributed by atoms with Crippen LogP contribution < -0.4 is 9.64 Å². The Balaban J connectivity index is 1.96. The molecule has 0 aliphatic carbocycles. The van der Waals surface area contributed by atoms with E-state index >= 15 is 0 Å². The maximum absolute atomic E-state index is 12.7. The Morgan fingerprint density at radius 3 is 2.78 bits per heavy atom. The van der Waals surface area contributed by atoms with E-state index in [2.05, 4.69) is 9.97 Å². The summed E-state index contributed by atoms with van der Waals surface area (Å²) in [5.74, 6) is -1.25. The van der Waals surface area contributed by atoms with Crippen molar-refractivity contribution in [2.24, 2.45) is 5.92 Å². The molecule has 23 heavy (non-hydrogen) atoms. The number of amides is 3. The van der Waals surface area contributed by atoms with Crippen molar-refractivity contribution in [1.82, 2.24) is 14.9 Å². The van der Waals surface area contributed by atoms with E-state index < -0.39 is 29.9 Å². The summed E-state index contributed by atoms with van der Waals surface area (Å²) in [7, 11) is 2.70. The minimum Gasteiger partial charge on any atom is -0.481 e. The molecule has 1 aromatic heterocycles. The number of hydrogen-bond donors (Lipinski definition) is 0. The number of urea groups is 1. The summed E-state index contributed by atoms with van der Waals surface area (Å²) >= 11 is 0. The number of ether oxygens (including phenoxy) is 2. The molecule has 2 saturated heterocycles. The van der Waals surface area contributed by atoms with Gasteiger partial charge in [0.15, 0.2) is 5.82 Å². The number of anilines is 1. The molecule has 0 saturated carbocycles. The van der Waals surface area contributed by atoms with E-state index in [0.29, 0.717) is 19.4 Å². The Hall–Kier alpha value is -2.71.